The van der Waals surface area contributed by atoms with Gasteiger partial charge in [0.2, 0.25) is 0 Å². The molecule has 0 aliphatic heterocycles. The maximum Gasteiger partial charge on any atom is 0.174 e. The zero-order valence-electron chi connectivity index (χ0n) is 6.98. The molecular formula is C8H6ClN3S2. The summed E-state index contributed by atoms with van der Waals surface area (Å²) in [6.45, 7) is 0. The van der Waals surface area contributed by atoms with Crippen LogP contribution in [0.15, 0.2) is 33.8 Å². The molecule has 72 valence electrons. The average molecular weight is 244 g/mol. The van der Waals surface area contributed by atoms with Gasteiger partial charge in [0.25, 0.3) is 0 Å². The Bertz CT molecular complexity index is 430. The fourth-order valence-corrected chi connectivity index (χ4v) is 2.61. The lowest BCUT2D eigenvalue weighted by Crippen LogP contribution is -1.84. The Hall–Kier alpha value is -0.780. The highest BCUT2D eigenvalue weighted by molar-refractivity contribution is 8.01. The third-order valence-electron chi connectivity index (χ3n) is 1.49. The van der Waals surface area contributed by atoms with Crippen molar-refractivity contribution in [2.24, 2.45) is 0 Å². The van der Waals surface area contributed by atoms with E-state index in [0.717, 1.165) is 9.24 Å². The summed E-state index contributed by atoms with van der Waals surface area (Å²) in [5, 5.41) is 0.644. The number of benzene rings is 1. The van der Waals surface area contributed by atoms with Crippen LogP contribution in [0.3, 0.4) is 0 Å². The molecule has 6 heteroatoms. The van der Waals surface area contributed by atoms with Gasteiger partial charge >= 0.3 is 0 Å². The van der Waals surface area contributed by atoms with Gasteiger partial charge < -0.3 is 5.73 Å². The van der Waals surface area contributed by atoms with E-state index in [1.165, 1.54) is 29.6 Å². The Balaban J connectivity index is 2.25. The van der Waals surface area contributed by atoms with E-state index in [1.54, 1.807) is 6.07 Å². The second kappa shape index (κ2) is 4.16. The van der Waals surface area contributed by atoms with Gasteiger partial charge in [0.15, 0.2) is 4.34 Å². The van der Waals surface area contributed by atoms with Crippen molar-refractivity contribution in [1.29, 1.82) is 0 Å². The van der Waals surface area contributed by atoms with Crippen molar-refractivity contribution in [3.63, 3.8) is 0 Å². The van der Waals surface area contributed by atoms with E-state index in [0.29, 0.717) is 10.7 Å². The van der Waals surface area contributed by atoms with E-state index < -0.39 is 0 Å². The topological polar surface area (TPSA) is 51.8 Å². The number of anilines is 1. The number of nitrogen functional groups attached to an aromatic ring is 1. The van der Waals surface area contributed by atoms with Crippen molar-refractivity contribution in [3.8, 4) is 0 Å². The maximum atomic E-state index is 6.00. The van der Waals surface area contributed by atoms with Gasteiger partial charge in [-0.2, -0.15) is 4.37 Å². The molecule has 3 nitrogen and oxygen atoms in total. The Labute approximate surface area is 94.5 Å². The van der Waals surface area contributed by atoms with Gasteiger partial charge in [-0.1, -0.05) is 23.4 Å². The molecule has 1 aromatic heterocycles. The number of aromatic nitrogens is 2. The second-order valence-corrected chi connectivity index (χ2v) is 4.98. The highest BCUT2D eigenvalue weighted by atomic mass is 35.5. The van der Waals surface area contributed by atoms with Gasteiger partial charge in [-0.05, 0) is 29.7 Å². The highest BCUT2D eigenvalue weighted by Crippen LogP contribution is 2.34. The summed E-state index contributed by atoms with van der Waals surface area (Å²) >= 11 is 8.83. The molecule has 1 aromatic carbocycles. The molecule has 14 heavy (non-hydrogen) atoms. The monoisotopic (exact) mass is 243 g/mol. The molecule has 0 saturated heterocycles. The molecule has 0 bridgehead atoms. The molecule has 0 radical (unpaired) electrons. The van der Waals surface area contributed by atoms with Gasteiger partial charge in [0, 0.05) is 10.6 Å². The fraction of sp³-hybridized carbons (Fsp3) is 0. The van der Waals surface area contributed by atoms with E-state index in [2.05, 4.69) is 9.36 Å². The van der Waals surface area contributed by atoms with Crippen molar-refractivity contribution >= 4 is 40.6 Å². The van der Waals surface area contributed by atoms with Crippen LogP contribution < -0.4 is 5.73 Å². The summed E-state index contributed by atoms with van der Waals surface area (Å²) in [5.41, 5.74) is 6.25. The van der Waals surface area contributed by atoms with Crippen molar-refractivity contribution in [3.05, 3.63) is 29.5 Å². The van der Waals surface area contributed by atoms with Crippen molar-refractivity contribution < 1.29 is 0 Å². The Kier molecular flexibility index (Phi) is 2.90. The van der Waals surface area contributed by atoms with Crippen LogP contribution in [0.5, 0.6) is 0 Å². The van der Waals surface area contributed by atoms with Gasteiger partial charge in [0.1, 0.15) is 6.33 Å². The minimum absolute atomic E-state index is 0.644. The summed E-state index contributed by atoms with van der Waals surface area (Å²) in [4.78, 5) is 5.00. The first-order valence-electron chi connectivity index (χ1n) is 3.75. The second-order valence-electron chi connectivity index (χ2n) is 2.50. The summed E-state index contributed by atoms with van der Waals surface area (Å²) in [6.07, 6.45) is 1.53. The zero-order valence-corrected chi connectivity index (χ0v) is 9.36. The first kappa shape index (κ1) is 9.76. The molecule has 0 fully saturated rings. The third kappa shape index (κ3) is 2.17. The fourth-order valence-electron chi connectivity index (χ4n) is 0.902. The SMILES string of the molecule is Nc1ccc(Sc2ncns2)c(Cl)c1. The van der Waals surface area contributed by atoms with Crippen molar-refractivity contribution in [1.82, 2.24) is 9.36 Å². The van der Waals surface area contributed by atoms with E-state index >= 15 is 0 Å². The number of halogens is 1. The van der Waals surface area contributed by atoms with Crippen LogP contribution in [0.4, 0.5) is 5.69 Å². The lowest BCUT2D eigenvalue weighted by molar-refractivity contribution is 1.21. The number of nitrogens with zero attached hydrogens (tertiary/aromatic N) is 2. The lowest BCUT2D eigenvalue weighted by Gasteiger charge is -2.01. The van der Waals surface area contributed by atoms with E-state index in [4.69, 9.17) is 17.3 Å². The van der Waals surface area contributed by atoms with Crippen LogP contribution in [0.1, 0.15) is 0 Å². The van der Waals surface area contributed by atoms with E-state index in [-0.39, 0.29) is 0 Å². The first-order valence-corrected chi connectivity index (χ1v) is 5.72. The van der Waals surface area contributed by atoms with Crippen LogP contribution in [-0.2, 0) is 0 Å². The van der Waals surface area contributed by atoms with E-state index in [9.17, 15) is 0 Å². The normalized spacial score (nSPS) is 10.4. The molecule has 1 heterocycles. The van der Waals surface area contributed by atoms with Crippen LogP contribution in [0, 0.1) is 0 Å². The molecule has 2 aromatic rings. The van der Waals surface area contributed by atoms with Gasteiger partial charge in [0.05, 0.1) is 5.02 Å². The van der Waals surface area contributed by atoms with Crippen LogP contribution in [-0.4, -0.2) is 9.36 Å². The van der Waals surface area contributed by atoms with Crippen molar-refractivity contribution in [2.75, 3.05) is 5.73 Å². The molecular weight excluding hydrogens is 238 g/mol. The molecule has 2 N–H and O–H groups in total. The number of nitrogens with two attached hydrogens (primary N) is 1. The first-order chi connectivity index (χ1) is 6.75. The average Bonchev–Trinajstić information content (AvgIpc) is 2.62. The predicted molar refractivity (Wildman–Crippen MR) is 59.9 cm³/mol. The molecule has 0 spiro atoms. The quantitative estimate of drug-likeness (QED) is 0.824. The zero-order chi connectivity index (χ0) is 9.97. The standard InChI is InChI=1S/C8H6ClN3S2/c9-6-3-5(10)1-2-7(6)13-8-11-4-12-14-8/h1-4H,10H2. The Morgan fingerprint density at radius 2 is 2.29 bits per heavy atom. The number of rotatable bonds is 2. The smallest absolute Gasteiger partial charge is 0.174 e. The van der Waals surface area contributed by atoms with Crippen LogP contribution in [0.2, 0.25) is 5.02 Å². The largest absolute Gasteiger partial charge is 0.399 e. The summed E-state index contributed by atoms with van der Waals surface area (Å²) in [5.74, 6) is 0. The Morgan fingerprint density at radius 3 is 2.93 bits per heavy atom. The van der Waals surface area contributed by atoms with Gasteiger partial charge in [-0.25, -0.2) is 4.98 Å². The highest BCUT2D eigenvalue weighted by Gasteiger charge is 2.05. The molecule has 0 aliphatic rings. The van der Waals surface area contributed by atoms with Gasteiger partial charge in [-0.15, -0.1) is 0 Å². The molecule has 0 aliphatic carbocycles. The minimum atomic E-state index is 0.644. The van der Waals surface area contributed by atoms with Crippen LogP contribution in [0.25, 0.3) is 0 Å². The minimum Gasteiger partial charge on any atom is -0.399 e. The Morgan fingerprint density at radius 1 is 1.43 bits per heavy atom. The summed E-state index contributed by atoms with van der Waals surface area (Å²) in [6, 6.07) is 5.42. The molecule has 0 amide bonds. The number of hydrogen-bond donors (Lipinski definition) is 1. The maximum absolute atomic E-state index is 6.00. The van der Waals surface area contributed by atoms with E-state index in [1.807, 2.05) is 12.1 Å². The third-order valence-corrected chi connectivity index (χ3v) is 3.71. The molecule has 0 saturated carbocycles. The lowest BCUT2D eigenvalue weighted by atomic mass is 10.3. The van der Waals surface area contributed by atoms with Crippen LogP contribution >= 0.6 is 34.9 Å². The van der Waals surface area contributed by atoms with Crippen molar-refractivity contribution in [2.45, 2.75) is 9.24 Å². The molecule has 0 unspecified atom stereocenters. The predicted octanol–water partition coefficient (Wildman–Crippen LogP) is 2.92. The molecule has 2 rings (SSSR count). The summed E-state index contributed by atoms with van der Waals surface area (Å²) in [7, 11) is 0. The summed E-state index contributed by atoms with van der Waals surface area (Å²) < 4.78 is 4.78. The number of hydrogen-bond acceptors (Lipinski definition) is 5. The molecule has 0 atom stereocenters. The van der Waals surface area contributed by atoms with Gasteiger partial charge in [-0.3, -0.25) is 0 Å².